The van der Waals surface area contributed by atoms with Crippen LogP contribution in [0.1, 0.15) is 12.0 Å². The minimum absolute atomic E-state index is 0.149. The van der Waals surface area contributed by atoms with Crippen LogP contribution >= 0.6 is 0 Å². The lowest BCUT2D eigenvalue weighted by molar-refractivity contribution is 0.130. The van der Waals surface area contributed by atoms with Gasteiger partial charge in [0.1, 0.15) is 0 Å². The molecule has 0 atom stereocenters. The second-order valence-corrected chi connectivity index (χ2v) is 2.83. The Kier molecular flexibility index (Phi) is 3.82. The molecule has 0 saturated heterocycles. The molecule has 5 heteroatoms. The molecule has 1 heterocycles. The van der Waals surface area contributed by atoms with E-state index in [4.69, 9.17) is 5.73 Å². The second-order valence-electron chi connectivity index (χ2n) is 2.83. The molecule has 74 valence electrons. The van der Waals surface area contributed by atoms with Crippen LogP contribution in [0.5, 0.6) is 0 Å². The lowest BCUT2D eigenvalue weighted by Gasteiger charge is -1.99. The van der Waals surface area contributed by atoms with E-state index in [1.165, 1.54) is 4.68 Å². The number of nitrogens with two attached hydrogens (primary N) is 1. The van der Waals surface area contributed by atoms with Crippen molar-refractivity contribution in [2.24, 2.45) is 5.73 Å². The highest BCUT2D eigenvalue weighted by atomic mass is 19.3. The number of rotatable bonds is 5. The third kappa shape index (κ3) is 3.50. The Hall–Kier alpha value is -0.970. The minimum Gasteiger partial charge on any atom is -0.330 e. The van der Waals surface area contributed by atoms with Crippen LogP contribution in [0.25, 0.3) is 0 Å². The molecule has 1 rings (SSSR count). The molecule has 0 aliphatic rings. The summed E-state index contributed by atoms with van der Waals surface area (Å²) in [4.78, 5) is 0. The van der Waals surface area contributed by atoms with Crippen molar-refractivity contribution in [2.45, 2.75) is 25.8 Å². The summed E-state index contributed by atoms with van der Waals surface area (Å²) in [6.45, 7) is 0.822. The van der Waals surface area contributed by atoms with Crippen LogP contribution in [0, 0.1) is 0 Å². The lowest BCUT2D eigenvalue weighted by Crippen LogP contribution is -2.03. The van der Waals surface area contributed by atoms with Crippen LogP contribution in [-0.4, -0.2) is 22.8 Å². The zero-order valence-corrected chi connectivity index (χ0v) is 7.29. The number of nitrogens with zero attached hydrogens (tertiary/aromatic N) is 2. The molecule has 1 aromatic rings. The summed E-state index contributed by atoms with van der Waals surface area (Å²) < 4.78 is 25.2. The van der Waals surface area contributed by atoms with Crippen molar-refractivity contribution in [3.63, 3.8) is 0 Å². The van der Waals surface area contributed by atoms with Crippen molar-refractivity contribution in [2.75, 3.05) is 6.54 Å². The Morgan fingerprint density at radius 2 is 2.31 bits per heavy atom. The van der Waals surface area contributed by atoms with Gasteiger partial charge in [-0.2, -0.15) is 5.10 Å². The minimum atomic E-state index is -2.26. The molecule has 0 bridgehead atoms. The van der Waals surface area contributed by atoms with Crippen LogP contribution < -0.4 is 5.73 Å². The summed E-state index contributed by atoms with van der Waals surface area (Å²) in [5, 5.41) is 3.93. The van der Waals surface area contributed by atoms with Gasteiger partial charge < -0.3 is 5.73 Å². The molecule has 13 heavy (non-hydrogen) atoms. The average Bonchev–Trinajstić information content (AvgIpc) is 2.50. The fraction of sp³-hybridized carbons (Fsp3) is 0.625. The number of hydrogen-bond acceptors (Lipinski definition) is 2. The summed E-state index contributed by atoms with van der Waals surface area (Å²) >= 11 is 0. The highest BCUT2D eigenvalue weighted by molar-refractivity contribution is 5.03. The molecule has 0 aliphatic heterocycles. The van der Waals surface area contributed by atoms with E-state index in [2.05, 4.69) is 5.10 Å². The molecule has 0 amide bonds. The molecule has 0 radical (unpaired) electrons. The first-order chi connectivity index (χ1) is 6.22. The molecule has 0 spiro atoms. The van der Waals surface area contributed by atoms with E-state index < -0.39 is 6.43 Å². The van der Waals surface area contributed by atoms with Crippen LogP contribution in [0.15, 0.2) is 12.4 Å². The van der Waals surface area contributed by atoms with Crippen LogP contribution in [-0.2, 0) is 13.0 Å². The summed E-state index contributed by atoms with van der Waals surface area (Å²) in [6, 6.07) is 0. The molecule has 0 aliphatic carbocycles. The van der Waals surface area contributed by atoms with Gasteiger partial charge in [-0.25, -0.2) is 8.78 Å². The van der Waals surface area contributed by atoms with Gasteiger partial charge in [0.15, 0.2) is 0 Å². The first kappa shape index (κ1) is 10.1. The zero-order chi connectivity index (χ0) is 9.68. The molecule has 0 fully saturated rings. The first-order valence-corrected chi connectivity index (χ1v) is 4.22. The molecular formula is C8H13F2N3. The SMILES string of the molecule is NCCc1cnn(CCC(F)F)c1. The summed E-state index contributed by atoms with van der Waals surface area (Å²) in [6.07, 6.45) is 1.76. The molecule has 0 saturated carbocycles. The molecule has 1 aromatic heterocycles. The standard InChI is InChI=1S/C8H13F2N3/c9-8(10)2-4-13-6-7(1-3-11)5-12-13/h5-6,8H,1-4,11H2. The van der Waals surface area contributed by atoms with E-state index in [0.717, 1.165) is 12.0 Å². The largest absolute Gasteiger partial charge is 0.330 e. The van der Waals surface area contributed by atoms with Gasteiger partial charge in [-0.05, 0) is 18.5 Å². The van der Waals surface area contributed by atoms with Gasteiger partial charge in [0.25, 0.3) is 0 Å². The Balaban J connectivity index is 2.39. The van der Waals surface area contributed by atoms with Gasteiger partial charge in [-0.3, -0.25) is 4.68 Å². The molecular weight excluding hydrogens is 176 g/mol. The number of halogens is 2. The van der Waals surface area contributed by atoms with Gasteiger partial charge in [0.2, 0.25) is 6.43 Å². The number of aromatic nitrogens is 2. The average molecular weight is 189 g/mol. The number of alkyl halides is 2. The third-order valence-corrected chi connectivity index (χ3v) is 1.70. The fourth-order valence-corrected chi connectivity index (χ4v) is 1.05. The number of hydrogen-bond donors (Lipinski definition) is 1. The van der Waals surface area contributed by atoms with Crippen molar-refractivity contribution >= 4 is 0 Å². The third-order valence-electron chi connectivity index (χ3n) is 1.70. The van der Waals surface area contributed by atoms with Gasteiger partial charge in [0, 0.05) is 19.2 Å². The summed E-state index contributed by atoms with van der Waals surface area (Å²) in [7, 11) is 0. The quantitative estimate of drug-likeness (QED) is 0.752. The van der Waals surface area contributed by atoms with Gasteiger partial charge in [-0.1, -0.05) is 0 Å². The summed E-state index contributed by atoms with van der Waals surface area (Å²) in [5.41, 5.74) is 6.33. The number of aryl methyl sites for hydroxylation is 1. The van der Waals surface area contributed by atoms with Crippen molar-refractivity contribution in [1.29, 1.82) is 0 Å². The Bertz CT molecular complexity index is 247. The molecule has 2 N–H and O–H groups in total. The fourth-order valence-electron chi connectivity index (χ4n) is 1.05. The molecule has 0 unspecified atom stereocenters. The van der Waals surface area contributed by atoms with E-state index in [-0.39, 0.29) is 13.0 Å². The highest BCUT2D eigenvalue weighted by Gasteiger charge is 2.03. The smallest absolute Gasteiger partial charge is 0.240 e. The Morgan fingerprint density at radius 3 is 2.92 bits per heavy atom. The monoisotopic (exact) mass is 189 g/mol. The van der Waals surface area contributed by atoms with Crippen molar-refractivity contribution in [3.8, 4) is 0 Å². The van der Waals surface area contributed by atoms with E-state index >= 15 is 0 Å². The van der Waals surface area contributed by atoms with Crippen molar-refractivity contribution < 1.29 is 8.78 Å². The first-order valence-electron chi connectivity index (χ1n) is 4.22. The van der Waals surface area contributed by atoms with E-state index in [9.17, 15) is 8.78 Å². The zero-order valence-electron chi connectivity index (χ0n) is 7.29. The van der Waals surface area contributed by atoms with Crippen LogP contribution in [0.3, 0.4) is 0 Å². The maximum absolute atomic E-state index is 11.8. The van der Waals surface area contributed by atoms with Crippen molar-refractivity contribution in [3.05, 3.63) is 18.0 Å². The van der Waals surface area contributed by atoms with E-state index in [1.807, 2.05) is 0 Å². The van der Waals surface area contributed by atoms with Crippen LogP contribution in [0.2, 0.25) is 0 Å². The van der Waals surface area contributed by atoms with Gasteiger partial charge in [0.05, 0.1) is 6.20 Å². The van der Waals surface area contributed by atoms with E-state index in [1.54, 1.807) is 12.4 Å². The maximum atomic E-state index is 11.8. The predicted molar refractivity (Wildman–Crippen MR) is 45.6 cm³/mol. The van der Waals surface area contributed by atoms with E-state index in [0.29, 0.717) is 6.54 Å². The highest BCUT2D eigenvalue weighted by Crippen LogP contribution is 2.03. The van der Waals surface area contributed by atoms with Crippen LogP contribution in [0.4, 0.5) is 8.78 Å². The second kappa shape index (κ2) is 4.91. The normalized spacial score (nSPS) is 11.1. The lowest BCUT2D eigenvalue weighted by atomic mass is 10.3. The summed E-state index contributed by atoms with van der Waals surface area (Å²) in [5.74, 6) is 0. The Labute approximate surface area is 75.5 Å². The Morgan fingerprint density at radius 1 is 1.54 bits per heavy atom. The predicted octanol–water partition coefficient (Wildman–Crippen LogP) is 1.04. The van der Waals surface area contributed by atoms with Gasteiger partial charge >= 0.3 is 0 Å². The molecule has 0 aromatic carbocycles. The van der Waals surface area contributed by atoms with Crippen molar-refractivity contribution in [1.82, 2.24) is 9.78 Å². The van der Waals surface area contributed by atoms with Gasteiger partial charge in [-0.15, -0.1) is 0 Å². The maximum Gasteiger partial charge on any atom is 0.240 e. The topological polar surface area (TPSA) is 43.8 Å². The molecule has 3 nitrogen and oxygen atoms in total.